The first-order valence-corrected chi connectivity index (χ1v) is 7.80. The largest absolute Gasteiger partial charge is 0.477 e. The number of halogens is 2. The minimum absolute atomic E-state index is 0.0763. The molecule has 0 unspecified atom stereocenters. The average Bonchev–Trinajstić information content (AvgIpc) is 2.93. The van der Waals surface area contributed by atoms with Gasteiger partial charge in [0.25, 0.3) is 0 Å². The monoisotopic (exact) mass is 360 g/mol. The molecule has 0 spiro atoms. The first-order valence-electron chi connectivity index (χ1n) is 7.43. The molecule has 0 fully saturated rings. The highest BCUT2D eigenvalue weighted by Crippen LogP contribution is 2.27. The van der Waals surface area contributed by atoms with Crippen molar-refractivity contribution in [2.45, 2.75) is 6.42 Å². The maximum atomic E-state index is 13.9. The second-order valence-electron chi connectivity index (χ2n) is 5.55. The third kappa shape index (κ3) is 3.21. The molecule has 1 heterocycles. The minimum Gasteiger partial charge on any atom is -0.477 e. The van der Waals surface area contributed by atoms with E-state index in [1.807, 2.05) is 0 Å². The summed E-state index contributed by atoms with van der Waals surface area (Å²) in [6.07, 6.45) is -0.202. The lowest BCUT2D eigenvalue weighted by molar-refractivity contribution is -0.117. The smallest absolute Gasteiger partial charge is 0.352 e. The number of H-pyrrole nitrogens is 1. The van der Waals surface area contributed by atoms with E-state index >= 15 is 0 Å². The summed E-state index contributed by atoms with van der Waals surface area (Å²) in [5.41, 5.74) is 0.936. The summed E-state index contributed by atoms with van der Waals surface area (Å²) < 4.78 is 13.9. The number of anilines is 1. The molecule has 3 aromatic rings. The lowest BCUT2D eigenvalue weighted by Crippen LogP contribution is -2.29. The van der Waals surface area contributed by atoms with Crippen LogP contribution in [-0.4, -0.2) is 29.0 Å². The van der Waals surface area contributed by atoms with Gasteiger partial charge in [-0.15, -0.1) is 0 Å². The van der Waals surface area contributed by atoms with E-state index in [1.165, 1.54) is 30.1 Å². The standard InChI is InChI=1S/C18H14ClFN2O3/c1-22(15-5-3-2-4-13(15)20)16(23)9-12-11-8-10(19)6-7-14(11)21-17(12)18(24)25/h2-8,21H,9H2,1H3,(H,24,25). The van der Waals surface area contributed by atoms with Gasteiger partial charge < -0.3 is 15.0 Å². The number of para-hydroxylation sites is 1. The number of aromatic amines is 1. The van der Waals surface area contributed by atoms with Crippen molar-refractivity contribution in [2.24, 2.45) is 0 Å². The van der Waals surface area contributed by atoms with Crippen molar-refractivity contribution in [3.8, 4) is 0 Å². The van der Waals surface area contributed by atoms with E-state index in [0.29, 0.717) is 21.5 Å². The van der Waals surface area contributed by atoms with Crippen molar-refractivity contribution < 1.29 is 19.1 Å². The van der Waals surface area contributed by atoms with Crippen LogP contribution in [0.5, 0.6) is 0 Å². The van der Waals surface area contributed by atoms with E-state index in [1.54, 1.807) is 24.3 Å². The number of likely N-dealkylation sites (N-methyl/N-ethyl adjacent to an activating group) is 1. The molecule has 3 rings (SSSR count). The zero-order valence-electron chi connectivity index (χ0n) is 13.2. The van der Waals surface area contributed by atoms with Crippen molar-refractivity contribution >= 4 is 40.1 Å². The Morgan fingerprint density at radius 2 is 1.96 bits per heavy atom. The van der Waals surface area contributed by atoms with Crippen LogP contribution >= 0.6 is 11.6 Å². The fraction of sp³-hybridized carbons (Fsp3) is 0.111. The van der Waals surface area contributed by atoms with Crippen molar-refractivity contribution in [1.82, 2.24) is 4.98 Å². The van der Waals surface area contributed by atoms with Gasteiger partial charge in [-0.3, -0.25) is 4.79 Å². The highest BCUT2D eigenvalue weighted by molar-refractivity contribution is 6.31. The molecule has 0 aliphatic heterocycles. The van der Waals surface area contributed by atoms with Crippen molar-refractivity contribution in [2.75, 3.05) is 11.9 Å². The van der Waals surface area contributed by atoms with Gasteiger partial charge in [-0.25, -0.2) is 9.18 Å². The number of aromatic carboxylic acids is 1. The summed E-state index contributed by atoms with van der Waals surface area (Å²) >= 11 is 5.99. The zero-order chi connectivity index (χ0) is 18.1. The van der Waals surface area contributed by atoms with Crippen LogP contribution in [0.4, 0.5) is 10.1 Å². The Bertz CT molecular complexity index is 984. The molecule has 0 aliphatic carbocycles. The van der Waals surface area contributed by atoms with Gasteiger partial charge >= 0.3 is 5.97 Å². The Morgan fingerprint density at radius 3 is 2.64 bits per heavy atom. The van der Waals surface area contributed by atoms with Gasteiger partial charge in [-0.1, -0.05) is 23.7 Å². The number of hydrogen-bond acceptors (Lipinski definition) is 2. The van der Waals surface area contributed by atoms with Gasteiger partial charge in [-0.05, 0) is 30.3 Å². The van der Waals surface area contributed by atoms with Gasteiger partial charge in [0.15, 0.2) is 0 Å². The second kappa shape index (κ2) is 6.57. The number of fused-ring (bicyclic) bond motifs is 1. The Balaban J connectivity index is 2.00. The summed E-state index contributed by atoms with van der Waals surface area (Å²) in [7, 11) is 1.45. The van der Waals surface area contributed by atoms with E-state index in [4.69, 9.17) is 11.6 Å². The van der Waals surface area contributed by atoms with E-state index < -0.39 is 17.7 Å². The molecule has 1 amide bonds. The number of nitrogens with one attached hydrogen (secondary N) is 1. The predicted molar refractivity (Wildman–Crippen MR) is 93.8 cm³/mol. The normalized spacial score (nSPS) is 10.8. The highest BCUT2D eigenvalue weighted by atomic mass is 35.5. The van der Waals surface area contributed by atoms with Crippen LogP contribution in [0.1, 0.15) is 16.1 Å². The molecular formula is C18H14ClFN2O3. The van der Waals surface area contributed by atoms with Crippen molar-refractivity contribution in [3.05, 3.63) is 64.6 Å². The molecule has 25 heavy (non-hydrogen) atoms. The number of carbonyl (C=O) groups is 2. The maximum Gasteiger partial charge on any atom is 0.352 e. The SMILES string of the molecule is CN(C(=O)Cc1c(C(=O)O)[nH]c2ccc(Cl)cc12)c1ccccc1F. The third-order valence-corrected chi connectivity index (χ3v) is 4.23. The van der Waals surface area contributed by atoms with E-state index in [0.717, 1.165) is 0 Å². The van der Waals surface area contributed by atoms with Crippen molar-refractivity contribution in [3.63, 3.8) is 0 Å². The third-order valence-electron chi connectivity index (χ3n) is 4.00. The van der Waals surface area contributed by atoms with Crippen LogP contribution < -0.4 is 4.90 Å². The lowest BCUT2D eigenvalue weighted by Gasteiger charge is -2.18. The molecule has 0 radical (unpaired) electrons. The Morgan fingerprint density at radius 1 is 1.24 bits per heavy atom. The summed E-state index contributed by atoms with van der Waals surface area (Å²) in [4.78, 5) is 28.0. The molecule has 2 aromatic carbocycles. The highest BCUT2D eigenvalue weighted by Gasteiger charge is 2.22. The van der Waals surface area contributed by atoms with E-state index in [-0.39, 0.29) is 17.8 Å². The molecule has 2 N–H and O–H groups in total. The van der Waals surface area contributed by atoms with Gasteiger partial charge in [0, 0.05) is 28.5 Å². The summed E-state index contributed by atoms with van der Waals surface area (Å²) in [5.74, 6) is -2.14. The molecule has 0 bridgehead atoms. The molecule has 128 valence electrons. The number of benzene rings is 2. The number of hydrogen-bond donors (Lipinski definition) is 2. The molecule has 1 aromatic heterocycles. The molecule has 0 saturated carbocycles. The Hall–Kier alpha value is -2.86. The van der Waals surface area contributed by atoms with Gasteiger partial charge in [0.2, 0.25) is 5.91 Å². The lowest BCUT2D eigenvalue weighted by atomic mass is 10.1. The fourth-order valence-electron chi connectivity index (χ4n) is 2.71. The molecule has 0 saturated heterocycles. The summed E-state index contributed by atoms with van der Waals surface area (Å²) in [5, 5.41) is 10.4. The zero-order valence-corrected chi connectivity index (χ0v) is 14.0. The molecule has 7 heteroatoms. The van der Waals surface area contributed by atoms with Crippen LogP contribution in [0, 0.1) is 5.82 Å². The number of rotatable bonds is 4. The minimum atomic E-state index is -1.18. The second-order valence-corrected chi connectivity index (χ2v) is 5.99. The van der Waals surface area contributed by atoms with Gasteiger partial charge in [0.05, 0.1) is 12.1 Å². The number of carboxylic acids is 1. The van der Waals surface area contributed by atoms with Crippen molar-refractivity contribution in [1.29, 1.82) is 0 Å². The number of amides is 1. The summed E-state index contributed by atoms with van der Waals surface area (Å²) in [6, 6.07) is 10.8. The maximum absolute atomic E-state index is 13.9. The first kappa shape index (κ1) is 17.0. The average molecular weight is 361 g/mol. The topological polar surface area (TPSA) is 73.4 Å². The van der Waals surface area contributed by atoms with Gasteiger partial charge in [0.1, 0.15) is 11.5 Å². The predicted octanol–water partition coefficient (Wildman–Crippen LogP) is 3.86. The molecular weight excluding hydrogens is 347 g/mol. The van der Waals surface area contributed by atoms with Crippen LogP contribution in [-0.2, 0) is 11.2 Å². The molecule has 0 atom stereocenters. The van der Waals surface area contributed by atoms with Gasteiger partial charge in [-0.2, -0.15) is 0 Å². The fourth-order valence-corrected chi connectivity index (χ4v) is 2.89. The molecule has 5 nitrogen and oxygen atoms in total. The van der Waals surface area contributed by atoms with E-state index in [2.05, 4.69) is 4.98 Å². The first-order chi connectivity index (χ1) is 11.9. The number of aromatic nitrogens is 1. The Kier molecular flexibility index (Phi) is 4.46. The number of carbonyl (C=O) groups excluding carboxylic acids is 1. The quantitative estimate of drug-likeness (QED) is 0.742. The van der Waals surface area contributed by atoms with Crippen LogP contribution in [0.2, 0.25) is 5.02 Å². The molecule has 0 aliphatic rings. The summed E-state index contributed by atoms with van der Waals surface area (Å²) in [6.45, 7) is 0. The number of carboxylic acid groups (broad SMARTS) is 1. The Labute approximate surface area is 147 Å². The van der Waals surface area contributed by atoms with Crippen LogP contribution in [0.3, 0.4) is 0 Å². The van der Waals surface area contributed by atoms with E-state index in [9.17, 15) is 19.1 Å². The number of nitrogens with zero attached hydrogens (tertiary/aromatic N) is 1. The van der Waals surface area contributed by atoms with Crippen LogP contribution in [0.25, 0.3) is 10.9 Å². The van der Waals surface area contributed by atoms with Crippen LogP contribution in [0.15, 0.2) is 42.5 Å².